The topological polar surface area (TPSA) is 17.1 Å². The maximum atomic E-state index is 13.5. The zero-order valence-corrected chi connectivity index (χ0v) is 12.4. The Morgan fingerprint density at radius 3 is 2.24 bits per heavy atom. The van der Waals surface area contributed by atoms with Crippen molar-refractivity contribution in [3.8, 4) is 0 Å². The third-order valence-corrected chi connectivity index (χ3v) is 4.32. The molecule has 0 aliphatic heterocycles. The van der Waals surface area contributed by atoms with Crippen molar-refractivity contribution in [3.05, 3.63) is 54.5 Å². The number of ketones is 1. The first kappa shape index (κ1) is 12.7. The van der Waals surface area contributed by atoms with E-state index in [0.717, 1.165) is 2.88 Å². The molecule has 17 heavy (non-hydrogen) atoms. The van der Waals surface area contributed by atoms with Crippen molar-refractivity contribution in [1.29, 1.82) is 0 Å². The summed E-state index contributed by atoms with van der Waals surface area (Å²) in [6, 6.07) is 5.06. The Balaban J connectivity index is 2.44. The van der Waals surface area contributed by atoms with Gasteiger partial charge in [0.25, 0.3) is 0 Å². The second-order valence-electron chi connectivity index (χ2n) is 3.89. The van der Waals surface area contributed by atoms with Crippen molar-refractivity contribution in [1.82, 2.24) is 0 Å². The van der Waals surface area contributed by atoms with Gasteiger partial charge in [-0.2, -0.15) is 0 Å². The van der Waals surface area contributed by atoms with E-state index in [4.69, 9.17) is 0 Å². The highest BCUT2D eigenvalue weighted by atomic mass is 127. The molecule has 0 saturated heterocycles. The molecule has 0 amide bonds. The van der Waals surface area contributed by atoms with Gasteiger partial charge in [-0.25, -0.2) is 4.39 Å². The summed E-state index contributed by atoms with van der Waals surface area (Å²) in [6.45, 7) is 3.35. The minimum atomic E-state index is -0.235. The van der Waals surface area contributed by atoms with E-state index in [1.807, 2.05) is 11.4 Å². The van der Waals surface area contributed by atoms with Gasteiger partial charge in [0.05, 0.1) is 2.88 Å². The van der Waals surface area contributed by atoms with E-state index in [-0.39, 0.29) is 11.6 Å². The van der Waals surface area contributed by atoms with Crippen LogP contribution in [0.25, 0.3) is 0 Å². The third kappa shape index (κ3) is 2.57. The minimum Gasteiger partial charge on any atom is -0.289 e. The highest BCUT2D eigenvalue weighted by Crippen LogP contribution is 2.22. The van der Waals surface area contributed by atoms with E-state index < -0.39 is 0 Å². The van der Waals surface area contributed by atoms with Crippen LogP contribution in [-0.2, 0) is 0 Å². The average Bonchev–Trinajstić information content (AvgIpc) is 2.71. The number of halogens is 2. The van der Waals surface area contributed by atoms with Crippen LogP contribution >= 0.6 is 33.9 Å². The largest absolute Gasteiger partial charge is 0.289 e. The number of hydrogen-bond acceptors (Lipinski definition) is 2. The standard InChI is InChI=1S/C13H10FIOS/c1-7-3-9(4-8(2)12(7)14)13(16)10-5-11(15)17-6-10/h3-6H,1-2H3. The number of rotatable bonds is 2. The van der Waals surface area contributed by atoms with Crippen LogP contribution in [0.1, 0.15) is 27.0 Å². The summed E-state index contributed by atoms with van der Waals surface area (Å²) in [4.78, 5) is 12.2. The Morgan fingerprint density at radius 1 is 1.18 bits per heavy atom. The smallest absolute Gasteiger partial charge is 0.193 e. The SMILES string of the molecule is Cc1cc(C(=O)c2csc(I)c2)cc(C)c1F. The van der Waals surface area contributed by atoms with Gasteiger partial charge in [-0.05, 0) is 65.8 Å². The molecule has 0 radical (unpaired) electrons. The van der Waals surface area contributed by atoms with Crippen molar-refractivity contribution in [2.45, 2.75) is 13.8 Å². The molecule has 0 N–H and O–H groups in total. The molecule has 0 bridgehead atoms. The van der Waals surface area contributed by atoms with Gasteiger partial charge < -0.3 is 0 Å². The Kier molecular flexibility index (Phi) is 3.63. The molecule has 1 aromatic heterocycles. The third-order valence-electron chi connectivity index (χ3n) is 2.53. The van der Waals surface area contributed by atoms with E-state index in [1.54, 1.807) is 26.0 Å². The van der Waals surface area contributed by atoms with Gasteiger partial charge in [0.2, 0.25) is 0 Å². The molecule has 1 aromatic carbocycles. The van der Waals surface area contributed by atoms with E-state index >= 15 is 0 Å². The lowest BCUT2D eigenvalue weighted by Gasteiger charge is -2.05. The molecular formula is C13H10FIOS. The quantitative estimate of drug-likeness (QED) is 0.575. The van der Waals surface area contributed by atoms with Crippen LogP contribution in [0.4, 0.5) is 4.39 Å². The van der Waals surface area contributed by atoms with Gasteiger partial charge in [-0.3, -0.25) is 4.79 Å². The molecule has 0 aliphatic carbocycles. The normalized spacial score (nSPS) is 10.6. The summed E-state index contributed by atoms with van der Waals surface area (Å²) < 4.78 is 14.5. The molecule has 0 saturated carbocycles. The van der Waals surface area contributed by atoms with Crippen LogP contribution in [-0.4, -0.2) is 5.78 Å². The number of carbonyl (C=O) groups excluding carboxylic acids is 1. The zero-order chi connectivity index (χ0) is 12.6. The molecule has 2 aromatic rings. The number of thiophene rings is 1. The summed E-state index contributed by atoms with van der Waals surface area (Å²) in [5.74, 6) is -0.281. The number of hydrogen-bond donors (Lipinski definition) is 0. The van der Waals surface area contributed by atoms with Crippen LogP contribution in [0.15, 0.2) is 23.6 Å². The second kappa shape index (κ2) is 4.86. The van der Waals surface area contributed by atoms with Crippen LogP contribution in [0.3, 0.4) is 0 Å². The lowest BCUT2D eigenvalue weighted by Crippen LogP contribution is -2.02. The van der Waals surface area contributed by atoms with E-state index in [0.29, 0.717) is 22.3 Å². The lowest BCUT2D eigenvalue weighted by atomic mass is 10.0. The predicted molar refractivity (Wildman–Crippen MR) is 76.3 cm³/mol. The monoisotopic (exact) mass is 360 g/mol. The minimum absolute atomic E-state index is 0.0460. The molecule has 0 fully saturated rings. The molecule has 4 heteroatoms. The maximum Gasteiger partial charge on any atom is 0.193 e. The molecule has 1 nitrogen and oxygen atoms in total. The van der Waals surface area contributed by atoms with E-state index in [1.165, 1.54) is 11.3 Å². The number of carbonyl (C=O) groups is 1. The second-order valence-corrected chi connectivity index (χ2v) is 6.70. The number of benzene rings is 1. The van der Waals surface area contributed by atoms with Crippen LogP contribution in [0.5, 0.6) is 0 Å². The summed E-state index contributed by atoms with van der Waals surface area (Å²) in [6.07, 6.45) is 0. The van der Waals surface area contributed by atoms with E-state index in [9.17, 15) is 9.18 Å². The van der Waals surface area contributed by atoms with Crippen LogP contribution in [0, 0.1) is 22.5 Å². The van der Waals surface area contributed by atoms with Gasteiger partial charge >= 0.3 is 0 Å². The molecule has 0 aliphatic rings. The Hall–Kier alpha value is -0.750. The molecule has 88 valence electrons. The van der Waals surface area contributed by atoms with Crippen molar-refractivity contribution in [2.75, 3.05) is 0 Å². The highest BCUT2D eigenvalue weighted by molar-refractivity contribution is 14.1. The summed E-state index contributed by atoms with van der Waals surface area (Å²) in [7, 11) is 0. The Bertz CT molecular complexity index is 566. The number of aryl methyl sites for hydroxylation is 2. The fourth-order valence-electron chi connectivity index (χ4n) is 1.67. The van der Waals surface area contributed by atoms with Crippen LogP contribution in [0.2, 0.25) is 0 Å². The fraction of sp³-hybridized carbons (Fsp3) is 0.154. The van der Waals surface area contributed by atoms with E-state index in [2.05, 4.69) is 22.6 Å². The van der Waals surface area contributed by atoms with Gasteiger partial charge in [0.1, 0.15) is 5.82 Å². The Morgan fingerprint density at radius 2 is 1.76 bits per heavy atom. The van der Waals surface area contributed by atoms with Crippen molar-refractivity contribution in [2.24, 2.45) is 0 Å². The lowest BCUT2D eigenvalue weighted by molar-refractivity contribution is 0.103. The van der Waals surface area contributed by atoms with Crippen molar-refractivity contribution in [3.63, 3.8) is 0 Å². The summed E-state index contributed by atoms with van der Waals surface area (Å²) in [5, 5.41) is 1.83. The van der Waals surface area contributed by atoms with Gasteiger partial charge in [0.15, 0.2) is 5.78 Å². The van der Waals surface area contributed by atoms with Crippen molar-refractivity contribution >= 4 is 39.7 Å². The molecule has 0 spiro atoms. The van der Waals surface area contributed by atoms with Crippen molar-refractivity contribution < 1.29 is 9.18 Å². The first-order valence-corrected chi connectivity index (χ1v) is 7.00. The molecule has 2 rings (SSSR count). The molecule has 0 unspecified atom stereocenters. The maximum absolute atomic E-state index is 13.5. The summed E-state index contributed by atoms with van der Waals surface area (Å²) in [5.41, 5.74) is 2.25. The first-order valence-electron chi connectivity index (χ1n) is 5.04. The first-order chi connectivity index (χ1) is 7.99. The Labute approximate surface area is 117 Å². The summed E-state index contributed by atoms with van der Waals surface area (Å²) >= 11 is 3.71. The molecule has 1 heterocycles. The van der Waals surface area contributed by atoms with Gasteiger partial charge in [0, 0.05) is 16.5 Å². The molecule has 0 atom stereocenters. The highest BCUT2D eigenvalue weighted by Gasteiger charge is 2.13. The predicted octanol–water partition coefficient (Wildman–Crippen LogP) is 4.34. The van der Waals surface area contributed by atoms with Gasteiger partial charge in [-0.15, -0.1) is 11.3 Å². The molecular weight excluding hydrogens is 350 g/mol. The van der Waals surface area contributed by atoms with Gasteiger partial charge in [-0.1, -0.05) is 0 Å². The van der Waals surface area contributed by atoms with Crippen LogP contribution < -0.4 is 0 Å². The fourth-order valence-corrected chi connectivity index (χ4v) is 3.00. The average molecular weight is 360 g/mol. The zero-order valence-electron chi connectivity index (χ0n) is 9.38.